The average Bonchev–Trinajstić information content (AvgIpc) is 2.97. The lowest BCUT2D eigenvalue weighted by atomic mass is 10.2. The maximum atomic E-state index is 10.4. The fraction of sp³-hybridized carbons (Fsp3) is 0.267. The van der Waals surface area contributed by atoms with Gasteiger partial charge in [-0.2, -0.15) is 0 Å². The van der Waals surface area contributed by atoms with E-state index in [1.807, 2.05) is 0 Å². The second kappa shape index (κ2) is 7.59. The van der Waals surface area contributed by atoms with E-state index in [9.17, 15) is 30.3 Å². The van der Waals surface area contributed by atoms with E-state index in [0.29, 0.717) is 12.1 Å². The van der Waals surface area contributed by atoms with E-state index in [4.69, 9.17) is 5.11 Å². The first-order valence-corrected chi connectivity index (χ1v) is 7.61. The maximum absolute atomic E-state index is 10.4. The molecule has 1 aliphatic rings. The molecular weight excluding hydrogens is 362 g/mol. The van der Waals surface area contributed by atoms with Gasteiger partial charge in [-0.3, -0.25) is 35.3 Å². The molecule has 142 valence electrons. The molecule has 3 rings (SSSR count). The van der Waals surface area contributed by atoms with Crippen molar-refractivity contribution in [1.82, 2.24) is 4.57 Å². The highest BCUT2D eigenvalue weighted by Gasteiger charge is 2.30. The molecule has 1 aliphatic heterocycles. The van der Waals surface area contributed by atoms with Crippen LogP contribution in [0.15, 0.2) is 29.3 Å². The molecule has 2 heterocycles. The summed E-state index contributed by atoms with van der Waals surface area (Å²) >= 11 is 0. The Morgan fingerprint density at radius 2 is 1.56 bits per heavy atom. The maximum Gasteiger partial charge on any atom is 0.324 e. The van der Waals surface area contributed by atoms with E-state index in [2.05, 4.69) is 35.5 Å². The van der Waals surface area contributed by atoms with Crippen LogP contribution in [0.1, 0.15) is 18.3 Å². The van der Waals surface area contributed by atoms with Gasteiger partial charge >= 0.3 is 11.4 Å². The third-order valence-electron chi connectivity index (χ3n) is 3.90. The van der Waals surface area contributed by atoms with Crippen molar-refractivity contribution in [3.8, 4) is 5.75 Å². The summed E-state index contributed by atoms with van der Waals surface area (Å²) in [7, 11) is 0. The molecule has 0 unspecified atom stereocenters. The van der Waals surface area contributed by atoms with E-state index >= 15 is 0 Å². The molecule has 0 bridgehead atoms. The molecule has 0 aliphatic carbocycles. The predicted octanol–water partition coefficient (Wildman–Crippen LogP) is 2.74. The van der Waals surface area contributed by atoms with E-state index in [0.717, 1.165) is 13.1 Å². The van der Waals surface area contributed by atoms with Gasteiger partial charge in [-0.15, -0.1) is 0 Å². The number of aromatic nitrogens is 1. The highest BCUT2D eigenvalue weighted by Crippen LogP contribution is 2.38. The van der Waals surface area contributed by atoms with Crippen LogP contribution < -0.4 is 0 Å². The Hall–Kier alpha value is -3.83. The highest BCUT2D eigenvalue weighted by atomic mass is 16.6. The molecule has 0 atom stereocenters. The molecule has 0 saturated carbocycles. The number of nitro benzene ring substituents is 3. The predicted molar refractivity (Wildman–Crippen MR) is 94.3 cm³/mol. The Kier molecular flexibility index (Phi) is 5.48. The molecule has 2 aromatic rings. The highest BCUT2D eigenvalue weighted by molar-refractivity contribution is 5.97. The molecule has 1 N–H and O–H groups in total. The molecule has 0 saturated heterocycles. The van der Waals surface area contributed by atoms with Gasteiger partial charge in [0.25, 0.3) is 11.4 Å². The van der Waals surface area contributed by atoms with E-state index in [1.54, 1.807) is 0 Å². The molecule has 12 heteroatoms. The number of aromatic hydroxyl groups is 1. The molecule has 0 spiro atoms. The van der Waals surface area contributed by atoms with Crippen LogP contribution in [0, 0.1) is 37.3 Å². The van der Waals surface area contributed by atoms with E-state index in [1.165, 1.54) is 17.1 Å². The van der Waals surface area contributed by atoms with E-state index in [-0.39, 0.29) is 0 Å². The van der Waals surface area contributed by atoms with Crippen molar-refractivity contribution in [2.75, 3.05) is 6.54 Å². The number of phenols is 1. The minimum Gasteiger partial charge on any atom is -0.497 e. The Morgan fingerprint density at radius 1 is 1.00 bits per heavy atom. The number of hydrogen-bond donors (Lipinski definition) is 1. The van der Waals surface area contributed by atoms with Crippen LogP contribution in [0.25, 0.3) is 0 Å². The summed E-state index contributed by atoms with van der Waals surface area (Å²) in [5, 5.41) is 40.2. The summed E-state index contributed by atoms with van der Waals surface area (Å²) in [6, 6.07) is 5.19. The van der Waals surface area contributed by atoms with Gasteiger partial charge in [0.05, 0.1) is 44.9 Å². The van der Waals surface area contributed by atoms with Crippen molar-refractivity contribution < 1.29 is 19.9 Å². The third kappa shape index (κ3) is 4.05. The van der Waals surface area contributed by atoms with Gasteiger partial charge in [-0.05, 0) is 26.0 Å². The minimum atomic E-state index is -1.21. The Bertz CT molecular complexity index is 928. The Balaban J connectivity index is 0.000000206. The van der Waals surface area contributed by atoms with Crippen LogP contribution >= 0.6 is 0 Å². The van der Waals surface area contributed by atoms with Crippen molar-refractivity contribution in [1.29, 1.82) is 0 Å². The largest absolute Gasteiger partial charge is 0.497 e. The number of benzene rings is 1. The summed E-state index contributed by atoms with van der Waals surface area (Å²) in [5.41, 5.74) is 0.797. The number of hydrogen-bond acceptors (Lipinski definition) is 8. The number of nitro groups is 3. The number of phenolic OH excluding ortho intramolecular Hbond substituents is 1. The number of rotatable bonds is 3. The van der Waals surface area contributed by atoms with Crippen LogP contribution in [0.5, 0.6) is 5.75 Å². The first kappa shape index (κ1) is 19.5. The van der Waals surface area contributed by atoms with Gasteiger partial charge in [-0.1, -0.05) is 0 Å². The van der Waals surface area contributed by atoms with Crippen LogP contribution in [0.3, 0.4) is 0 Å². The molecule has 12 nitrogen and oxygen atoms in total. The molecule has 27 heavy (non-hydrogen) atoms. The van der Waals surface area contributed by atoms with Crippen LogP contribution in [0.2, 0.25) is 0 Å². The van der Waals surface area contributed by atoms with Crippen LogP contribution in [0.4, 0.5) is 17.1 Å². The zero-order valence-electron chi connectivity index (χ0n) is 14.4. The molecule has 1 aromatic heterocycles. The minimum absolute atomic E-state index is 0.447. The van der Waals surface area contributed by atoms with Crippen molar-refractivity contribution in [3.05, 3.63) is 66.0 Å². The van der Waals surface area contributed by atoms with Crippen LogP contribution in [-0.4, -0.2) is 36.7 Å². The van der Waals surface area contributed by atoms with E-state index < -0.39 is 37.6 Å². The number of aryl methyl sites for hydroxylation is 1. The van der Waals surface area contributed by atoms with Crippen molar-refractivity contribution in [2.24, 2.45) is 4.99 Å². The Morgan fingerprint density at radius 3 is 2.00 bits per heavy atom. The lowest BCUT2D eigenvalue weighted by Crippen LogP contribution is -2.16. The zero-order chi connectivity index (χ0) is 20.3. The fourth-order valence-electron chi connectivity index (χ4n) is 2.55. The SMILES string of the molecule is CC1=NCCn2c(C)ccc21.O=[N+]([O-])c1cc([N+](=O)[O-])c(O)c([N+](=O)[O-])c1. The number of aliphatic imine (C=N–C) groups is 1. The Labute approximate surface area is 151 Å². The molecule has 0 radical (unpaired) electrons. The van der Waals surface area contributed by atoms with Crippen LogP contribution in [-0.2, 0) is 6.54 Å². The summed E-state index contributed by atoms with van der Waals surface area (Å²) in [6.07, 6.45) is 0. The summed E-state index contributed by atoms with van der Waals surface area (Å²) in [5.74, 6) is -1.21. The van der Waals surface area contributed by atoms with Gasteiger partial charge in [0.2, 0.25) is 0 Å². The molecule has 0 amide bonds. The zero-order valence-corrected chi connectivity index (χ0v) is 14.4. The average molecular weight is 377 g/mol. The number of nitrogens with zero attached hydrogens (tertiary/aromatic N) is 5. The lowest BCUT2D eigenvalue weighted by molar-refractivity contribution is -0.404. The summed E-state index contributed by atoms with van der Waals surface area (Å²) < 4.78 is 2.32. The van der Waals surface area contributed by atoms with Gasteiger partial charge in [0, 0.05) is 12.2 Å². The van der Waals surface area contributed by atoms with Crippen molar-refractivity contribution in [2.45, 2.75) is 20.4 Å². The smallest absolute Gasteiger partial charge is 0.324 e. The van der Waals surface area contributed by atoms with Gasteiger partial charge < -0.3 is 9.67 Å². The summed E-state index contributed by atoms with van der Waals surface area (Å²) in [6.45, 7) is 6.20. The van der Waals surface area contributed by atoms with Crippen molar-refractivity contribution in [3.63, 3.8) is 0 Å². The first-order valence-electron chi connectivity index (χ1n) is 7.61. The normalized spacial score (nSPS) is 12.3. The topological polar surface area (TPSA) is 167 Å². The summed E-state index contributed by atoms with van der Waals surface area (Å²) in [4.78, 5) is 32.1. The van der Waals surface area contributed by atoms with Gasteiger partial charge in [-0.25, -0.2) is 0 Å². The van der Waals surface area contributed by atoms with Gasteiger partial charge in [0.1, 0.15) is 0 Å². The molecule has 0 fully saturated rings. The number of fused-ring (bicyclic) bond motifs is 1. The molecule has 1 aromatic carbocycles. The standard InChI is InChI=1S/C9H12N2.C6H3N3O7/c1-7-3-4-9-8(2)10-5-6-11(7)9;10-6-4(8(13)14)1-3(7(11)12)2-5(6)9(15)16/h3-4H,5-6H2,1-2H3;1-2,10H. The molecular formula is C15H15N5O7. The van der Waals surface area contributed by atoms with Gasteiger partial charge in [0.15, 0.2) is 0 Å². The van der Waals surface area contributed by atoms with Crippen molar-refractivity contribution >= 4 is 22.8 Å². The second-order valence-corrected chi connectivity index (χ2v) is 5.58. The third-order valence-corrected chi connectivity index (χ3v) is 3.90. The quantitative estimate of drug-likeness (QED) is 0.633. The number of non-ortho nitro benzene ring substituents is 1. The fourth-order valence-corrected chi connectivity index (χ4v) is 2.55. The first-order chi connectivity index (χ1) is 12.6. The lowest BCUT2D eigenvalue weighted by Gasteiger charge is -2.14. The second-order valence-electron chi connectivity index (χ2n) is 5.58. The monoisotopic (exact) mass is 377 g/mol.